The van der Waals surface area contributed by atoms with Crippen molar-refractivity contribution in [2.45, 2.75) is 274 Å². The van der Waals surface area contributed by atoms with E-state index in [1.807, 2.05) is 20.8 Å². The van der Waals surface area contributed by atoms with Gasteiger partial charge in [-0.25, -0.2) is 0 Å². The van der Waals surface area contributed by atoms with Crippen molar-refractivity contribution in [2.24, 2.45) is 41.4 Å². The molecular weight excluding hydrogens is 1320 g/mol. The molecule has 3 heterocycles. The average molecular weight is 1430 g/mol. The van der Waals surface area contributed by atoms with Crippen LogP contribution >= 0.6 is 11.6 Å². The summed E-state index contributed by atoms with van der Waals surface area (Å²) in [6.07, 6.45) is 4.37. The zero-order valence-electron chi connectivity index (χ0n) is 61.6. The molecule has 564 valence electrons. The van der Waals surface area contributed by atoms with Crippen molar-refractivity contribution in [3.05, 3.63) is 0 Å². The molecule has 24 nitrogen and oxygen atoms in total. The maximum Gasteiger partial charge on any atom is 0.393 e. The molecule has 7 rings (SSSR count). The van der Waals surface area contributed by atoms with Gasteiger partial charge in [0.05, 0.1) is 18.9 Å². The average Bonchev–Trinajstić information content (AvgIpc) is 0.902. The molecule has 0 bridgehead atoms. The number of fused-ring (bicyclic) bond motifs is 2. The Morgan fingerprint density at radius 2 is 1.26 bits per heavy atom. The fourth-order valence-corrected chi connectivity index (χ4v) is 17.1. The van der Waals surface area contributed by atoms with Gasteiger partial charge >= 0.3 is 6.18 Å². The number of nitrogens with one attached hydrogen (secondary N) is 4. The quantitative estimate of drug-likeness (QED) is 0.164. The fraction of sp³-hybridized carbons (Fsp3) is 0.833. The van der Waals surface area contributed by atoms with Crippen LogP contribution in [0.4, 0.5) is 13.2 Å². The van der Waals surface area contributed by atoms with Gasteiger partial charge in [-0.1, -0.05) is 92.4 Å². The molecule has 4 aliphatic carbocycles. The zero-order chi connectivity index (χ0) is 74.0. The lowest BCUT2D eigenvalue weighted by Gasteiger charge is -2.44. The second-order valence-corrected chi connectivity index (χ2v) is 31.8. The van der Waals surface area contributed by atoms with E-state index in [-0.39, 0.29) is 101 Å². The topological polar surface area (TPSA) is 279 Å². The zero-order valence-corrected chi connectivity index (χ0v) is 62.4. The van der Waals surface area contributed by atoms with Crippen LogP contribution in [0.1, 0.15) is 202 Å². The Hall–Kier alpha value is -6.28. The first-order valence-corrected chi connectivity index (χ1v) is 37.5. The van der Waals surface area contributed by atoms with E-state index in [1.54, 1.807) is 6.92 Å². The number of alkyl halides is 4. The van der Waals surface area contributed by atoms with E-state index < -0.39 is 173 Å². The van der Waals surface area contributed by atoms with Gasteiger partial charge in [0.2, 0.25) is 70.9 Å². The van der Waals surface area contributed by atoms with Gasteiger partial charge in [-0.3, -0.25) is 57.5 Å². The minimum absolute atomic E-state index is 0.00132. The van der Waals surface area contributed by atoms with Crippen molar-refractivity contribution < 1.29 is 70.7 Å². The summed E-state index contributed by atoms with van der Waals surface area (Å²) < 4.78 is 42.1. The van der Waals surface area contributed by atoms with Crippen LogP contribution in [0.15, 0.2) is 0 Å². The van der Waals surface area contributed by atoms with E-state index in [0.717, 1.165) is 38.5 Å². The Kier molecular flexibility index (Phi) is 28.6. The number of rotatable bonds is 12. The molecule has 0 aromatic heterocycles. The van der Waals surface area contributed by atoms with Crippen molar-refractivity contribution in [2.75, 3.05) is 69.0 Å². The van der Waals surface area contributed by atoms with Crippen molar-refractivity contribution >= 4 is 82.5 Å². The van der Waals surface area contributed by atoms with Crippen molar-refractivity contribution in [3.8, 4) is 0 Å². The van der Waals surface area contributed by atoms with Crippen LogP contribution in [0.2, 0.25) is 0 Å². The maximum atomic E-state index is 15.6. The van der Waals surface area contributed by atoms with Gasteiger partial charge in [0.15, 0.2) is 0 Å². The Balaban J connectivity index is 1.27. The number of nitrogens with zero attached hydrogens (tertiary/aromatic N) is 8. The molecule has 3 unspecified atom stereocenters. The van der Waals surface area contributed by atoms with Gasteiger partial charge in [-0.2, -0.15) is 13.2 Å². The number of hydrogen-bond acceptors (Lipinski definition) is 12. The van der Waals surface area contributed by atoms with Gasteiger partial charge in [-0.15, -0.1) is 11.6 Å². The number of halogens is 4. The third-order valence-electron chi connectivity index (χ3n) is 23.5. The van der Waals surface area contributed by atoms with Crippen LogP contribution in [0.3, 0.4) is 0 Å². The number of hydrogen-bond donors (Lipinski definition) is 4. The van der Waals surface area contributed by atoms with E-state index in [4.69, 9.17) is 11.6 Å². The van der Waals surface area contributed by atoms with Gasteiger partial charge < -0.3 is 60.5 Å². The van der Waals surface area contributed by atoms with Gasteiger partial charge in [0, 0.05) is 67.8 Å². The molecule has 12 amide bonds. The van der Waals surface area contributed by atoms with E-state index in [0.29, 0.717) is 50.9 Å². The fourth-order valence-electron chi connectivity index (χ4n) is 16.6. The number of carbonyl (C=O) groups excluding carboxylic acids is 12. The Morgan fingerprint density at radius 1 is 0.630 bits per heavy atom. The highest BCUT2D eigenvalue weighted by atomic mass is 35.5. The number of amides is 12. The molecule has 0 aromatic rings. The van der Waals surface area contributed by atoms with Gasteiger partial charge in [0.25, 0.3) is 0 Å². The predicted molar refractivity (Wildman–Crippen MR) is 370 cm³/mol. The lowest BCUT2D eigenvalue weighted by Crippen LogP contribution is -2.65. The highest BCUT2D eigenvalue weighted by Crippen LogP contribution is 2.44. The van der Waals surface area contributed by atoms with E-state index >= 15 is 24.0 Å². The summed E-state index contributed by atoms with van der Waals surface area (Å²) in [5, 5.41) is 10.4. The maximum absolute atomic E-state index is 15.6. The van der Waals surface area contributed by atoms with Crippen LogP contribution in [-0.2, 0) is 57.5 Å². The first-order chi connectivity index (χ1) is 47.0. The van der Waals surface area contributed by atoms with Crippen molar-refractivity contribution in [3.63, 3.8) is 0 Å². The molecule has 4 N–H and O–H groups in total. The second kappa shape index (κ2) is 35.3. The largest absolute Gasteiger partial charge is 0.393 e. The highest BCUT2D eigenvalue weighted by molar-refractivity contribution is 6.21. The van der Waals surface area contributed by atoms with Crippen LogP contribution in [-0.4, -0.2) is 251 Å². The molecule has 4 saturated carbocycles. The molecule has 28 heteroatoms. The molecule has 7 fully saturated rings. The van der Waals surface area contributed by atoms with Crippen LogP contribution in [0, 0.1) is 41.4 Å². The molecular formula is C72H116ClF3N12O12. The number of likely N-dealkylation sites (N-methyl/N-ethyl adjacent to an activating group) is 6. The summed E-state index contributed by atoms with van der Waals surface area (Å²) in [4.78, 5) is 189. The molecule has 100 heavy (non-hydrogen) atoms. The summed E-state index contributed by atoms with van der Waals surface area (Å²) in [6.45, 7) is 10.8. The summed E-state index contributed by atoms with van der Waals surface area (Å²) in [6, 6.07) is -10.8. The monoisotopic (exact) mass is 1430 g/mol. The highest BCUT2D eigenvalue weighted by Gasteiger charge is 2.53. The Labute approximate surface area is 595 Å². The van der Waals surface area contributed by atoms with E-state index in [9.17, 15) is 46.7 Å². The Bertz CT molecular complexity index is 2940. The first kappa shape index (κ1) is 81.0. The SMILES string of the molecule is CC[C@H](C)[C@@H]1NC(=O)[C@H](CCC(C)C)N(C)C(=O)C[C@@H](C(=O)N(C)C)N(C)C(=O)[C@H](C2CCCC2)N(C)C(=O)C2(CCCC2)NC(=O)[C@@H]2CCCN2C(=O)[C@H](CCC2CCC(C(F)(F)F)C(Cl)C2)NC(=O)CN(C)C(=O)[C@H](CC2CCC(C)CC2)N(C)C(=O)[C@@H]2CCN2C(=O)[C@H](C)NC1=O. The van der Waals surface area contributed by atoms with Crippen LogP contribution in [0.5, 0.6) is 0 Å². The third-order valence-corrected chi connectivity index (χ3v) is 23.9. The lowest BCUT2D eigenvalue weighted by atomic mass is 9.78. The summed E-state index contributed by atoms with van der Waals surface area (Å²) in [7, 11) is 10.2. The summed E-state index contributed by atoms with van der Waals surface area (Å²) >= 11 is 6.41. The van der Waals surface area contributed by atoms with E-state index in [2.05, 4.69) is 28.2 Å². The predicted octanol–water partition coefficient (Wildman–Crippen LogP) is 6.00. The molecule has 3 saturated heterocycles. The minimum Gasteiger partial charge on any atom is -0.347 e. The summed E-state index contributed by atoms with van der Waals surface area (Å²) in [5.41, 5.74) is -1.55. The standard InChI is InChI=1S/C72H116ClF3N12O12/c1-14-44(5)59-63(93)77-45(6)64(94)88-37-33-54(88)68(98)84(11)55(39-47-26-24-43(4)25-27-47)67(97)82(9)41-57(89)78-51(31-29-46-28-30-49(50(73)38-46)72(74,75)76)65(95)87-36-19-22-53(87)62(92)80-71(34-17-18-35-71)70(100)86(13)60(48-20-15-16-21-48)69(99)85(12)56(66(96)81(7)8)40-58(90)83(10)52(61(91)79-59)32-23-42(2)3/h42-56,59-60H,14-41H2,1-13H3,(H,77,93)(H,78,89)(H,79,91)(H,80,92)/t43?,44-,45-,46?,47?,49?,50?,51-,52-,53-,54-,55-,56-,59-,60-/m0/s1. The Morgan fingerprint density at radius 3 is 1.84 bits per heavy atom. The van der Waals surface area contributed by atoms with Gasteiger partial charge in [-0.05, 0) is 139 Å². The molecule has 7 aliphatic rings. The van der Waals surface area contributed by atoms with Crippen molar-refractivity contribution in [1.29, 1.82) is 0 Å². The molecule has 1 spiro atoms. The lowest BCUT2D eigenvalue weighted by molar-refractivity contribution is -0.182. The molecule has 3 aliphatic heterocycles. The first-order valence-electron chi connectivity index (χ1n) is 37.1. The van der Waals surface area contributed by atoms with Crippen LogP contribution in [0.25, 0.3) is 0 Å². The smallest absolute Gasteiger partial charge is 0.347 e. The summed E-state index contributed by atoms with van der Waals surface area (Å²) in [5.74, 6) is -10.00. The third kappa shape index (κ3) is 19.5. The normalized spacial score (nSPS) is 32.1. The second-order valence-electron chi connectivity index (χ2n) is 31.3. The van der Waals surface area contributed by atoms with Gasteiger partial charge in [0.1, 0.15) is 59.9 Å². The van der Waals surface area contributed by atoms with Crippen LogP contribution < -0.4 is 21.3 Å². The number of carbonyl (C=O) groups is 12. The van der Waals surface area contributed by atoms with Crippen molar-refractivity contribution in [1.82, 2.24) is 60.5 Å². The molecule has 0 aromatic carbocycles. The van der Waals surface area contributed by atoms with E-state index in [1.165, 1.54) is 95.5 Å². The molecule has 0 radical (unpaired) electrons. The molecule has 13 atom stereocenters. The minimum atomic E-state index is -4.51.